The van der Waals surface area contributed by atoms with Crippen molar-refractivity contribution in [3.8, 4) is 0 Å². The molecule has 1 aromatic carbocycles. The van der Waals surface area contributed by atoms with Crippen molar-refractivity contribution in [3.05, 3.63) is 33.8 Å². The molecule has 0 heterocycles. The van der Waals surface area contributed by atoms with Gasteiger partial charge < -0.3 is 5.32 Å². The lowest BCUT2D eigenvalue weighted by molar-refractivity contribution is 0.698. The Morgan fingerprint density at radius 3 is 2.50 bits per heavy atom. The predicted octanol–water partition coefficient (Wildman–Crippen LogP) is 3.32. The van der Waals surface area contributed by atoms with E-state index in [2.05, 4.69) is 5.32 Å². The Kier molecular flexibility index (Phi) is 3.01. The molecular formula is C11H13Cl2N. The zero-order valence-corrected chi connectivity index (χ0v) is 9.57. The SMILES string of the molecule is CNC[C@H]1C[C@@H]1c1cc(Cl)cc(Cl)c1. The molecule has 0 spiro atoms. The van der Waals surface area contributed by atoms with E-state index in [0.29, 0.717) is 5.92 Å². The maximum absolute atomic E-state index is 5.95. The van der Waals surface area contributed by atoms with E-state index in [1.54, 1.807) is 6.07 Å². The quantitative estimate of drug-likeness (QED) is 0.839. The number of hydrogen-bond donors (Lipinski definition) is 1. The Labute approximate surface area is 94.4 Å². The second-order valence-electron chi connectivity index (χ2n) is 3.86. The summed E-state index contributed by atoms with van der Waals surface area (Å²) in [7, 11) is 1.99. The minimum atomic E-state index is 0.652. The van der Waals surface area contributed by atoms with Gasteiger partial charge in [0.05, 0.1) is 0 Å². The summed E-state index contributed by atoms with van der Waals surface area (Å²) in [6, 6.07) is 5.82. The summed E-state index contributed by atoms with van der Waals surface area (Å²) < 4.78 is 0. The van der Waals surface area contributed by atoms with Crippen LogP contribution < -0.4 is 5.32 Å². The molecule has 0 unspecified atom stereocenters. The van der Waals surface area contributed by atoms with Crippen molar-refractivity contribution in [1.82, 2.24) is 5.32 Å². The van der Waals surface area contributed by atoms with Gasteiger partial charge in [-0.2, -0.15) is 0 Å². The summed E-state index contributed by atoms with van der Waals surface area (Å²) in [5.74, 6) is 1.41. The van der Waals surface area contributed by atoms with Crippen LogP contribution in [0.2, 0.25) is 10.0 Å². The monoisotopic (exact) mass is 229 g/mol. The predicted molar refractivity (Wildman–Crippen MR) is 61.2 cm³/mol. The highest BCUT2D eigenvalue weighted by Crippen LogP contribution is 2.47. The zero-order valence-electron chi connectivity index (χ0n) is 8.06. The number of halogens is 2. The number of hydrogen-bond acceptors (Lipinski definition) is 1. The van der Waals surface area contributed by atoms with Crippen LogP contribution in [0.4, 0.5) is 0 Å². The molecule has 0 aliphatic heterocycles. The minimum absolute atomic E-state index is 0.652. The summed E-state index contributed by atoms with van der Waals surface area (Å²) in [5, 5.41) is 4.67. The molecule has 2 atom stereocenters. The lowest BCUT2D eigenvalue weighted by atomic mass is 10.1. The van der Waals surface area contributed by atoms with E-state index in [-0.39, 0.29) is 0 Å². The van der Waals surface area contributed by atoms with E-state index in [9.17, 15) is 0 Å². The van der Waals surface area contributed by atoms with E-state index in [1.165, 1.54) is 12.0 Å². The van der Waals surface area contributed by atoms with Crippen LogP contribution in [0.25, 0.3) is 0 Å². The fourth-order valence-electron chi connectivity index (χ4n) is 1.93. The molecule has 1 saturated carbocycles. The van der Waals surface area contributed by atoms with Crippen LogP contribution in [0, 0.1) is 5.92 Å². The van der Waals surface area contributed by atoms with Gasteiger partial charge in [0.25, 0.3) is 0 Å². The molecule has 1 nitrogen and oxygen atoms in total. The second kappa shape index (κ2) is 4.09. The first-order valence-corrected chi connectivity index (χ1v) is 5.57. The zero-order chi connectivity index (χ0) is 10.1. The normalized spacial score (nSPS) is 25.1. The van der Waals surface area contributed by atoms with Gasteiger partial charge in [-0.1, -0.05) is 23.2 Å². The van der Waals surface area contributed by atoms with Gasteiger partial charge in [-0.05, 0) is 55.6 Å². The maximum atomic E-state index is 5.95. The molecule has 2 rings (SSSR count). The third-order valence-electron chi connectivity index (χ3n) is 2.70. The molecule has 1 aromatic rings. The maximum Gasteiger partial charge on any atom is 0.0423 e. The smallest absolute Gasteiger partial charge is 0.0423 e. The Morgan fingerprint density at radius 1 is 1.29 bits per heavy atom. The van der Waals surface area contributed by atoms with Crippen LogP contribution in [-0.2, 0) is 0 Å². The van der Waals surface area contributed by atoms with Crippen LogP contribution in [0.1, 0.15) is 17.9 Å². The van der Waals surface area contributed by atoms with Crippen LogP contribution in [0.15, 0.2) is 18.2 Å². The van der Waals surface area contributed by atoms with Crippen molar-refractivity contribution in [3.63, 3.8) is 0 Å². The van der Waals surface area contributed by atoms with Crippen molar-refractivity contribution < 1.29 is 0 Å². The van der Waals surface area contributed by atoms with E-state index in [1.807, 2.05) is 19.2 Å². The van der Waals surface area contributed by atoms with Gasteiger partial charge in [-0.3, -0.25) is 0 Å². The number of benzene rings is 1. The Hall–Kier alpha value is -0.240. The highest BCUT2D eigenvalue weighted by molar-refractivity contribution is 6.34. The van der Waals surface area contributed by atoms with Gasteiger partial charge in [0.2, 0.25) is 0 Å². The van der Waals surface area contributed by atoms with Crippen LogP contribution in [0.5, 0.6) is 0 Å². The summed E-state index contributed by atoms with van der Waals surface area (Å²) in [6.07, 6.45) is 1.25. The minimum Gasteiger partial charge on any atom is -0.319 e. The fourth-order valence-corrected chi connectivity index (χ4v) is 2.48. The molecule has 1 N–H and O–H groups in total. The molecule has 0 saturated heterocycles. The van der Waals surface area contributed by atoms with Gasteiger partial charge in [-0.15, -0.1) is 0 Å². The molecular weight excluding hydrogens is 217 g/mol. The Bertz CT molecular complexity index is 318. The Balaban J connectivity index is 2.11. The molecule has 1 aliphatic rings. The number of nitrogens with one attached hydrogen (secondary N) is 1. The first kappa shape index (κ1) is 10.3. The van der Waals surface area contributed by atoms with Crippen molar-refractivity contribution in [2.45, 2.75) is 12.3 Å². The van der Waals surface area contributed by atoms with E-state index in [4.69, 9.17) is 23.2 Å². The van der Waals surface area contributed by atoms with Crippen LogP contribution in [0.3, 0.4) is 0 Å². The van der Waals surface area contributed by atoms with E-state index < -0.39 is 0 Å². The summed E-state index contributed by atoms with van der Waals surface area (Å²) in [4.78, 5) is 0. The third-order valence-corrected chi connectivity index (χ3v) is 3.14. The number of rotatable bonds is 3. The Morgan fingerprint density at radius 2 is 1.93 bits per heavy atom. The van der Waals surface area contributed by atoms with E-state index >= 15 is 0 Å². The molecule has 1 aliphatic carbocycles. The molecule has 76 valence electrons. The highest BCUT2D eigenvalue weighted by Gasteiger charge is 2.37. The molecule has 14 heavy (non-hydrogen) atoms. The van der Waals surface area contributed by atoms with E-state index in [0.717, 1.165) is 22.5 Å². The van der Waals surface area contributed by atoms with Crippen LogP contribution >= 0.6 is 23.2 Å². The fraction of sp³-hybridized carbons (Fsp3) is 0.455. The topological polar surface area (TPSA) is 12.0 Å². The molecule has 0 aromatic heterocycles. The van der Waals surface area contributed by atoms with Gasteiger partial charge in [0, 0.05) is 10.0 Å². The van der Waals surface area contributed by atoms with Gasteiger partial charge in [0.15, 0.2) is 0 Å². The van der Waals surface area contributed by atoms with Crippen molar-refractivity contribution in [2.75, 3.05) is 13.6 Å². The summed E-state index contributed by atoms with van der Waals surface area (Å²) in [6.45, 7) is 1.08. The molecule has 0 amide bonds. The molecule has 0 bridgehead atoms. The molecule has 1 fully saturated rings. The average Bonchev–Trinajstić information content (AvgIpc) is 2.82. The van der Waals surface area contributed by atoms with Gasteiger partial charge in [-0.25, -0.2) is 0 Å². The third kappa shape index (κ3) is 2.22. The average molecular weight is 230 g/mol. The standard InChI is InChI=1S/C11H13Cl2N/c1-14-6-8-4-11(8)7-2-9(12)5-10(13)3-7/h2-3,5,8,11,14H,4,6H2,1H3/t8-,11-/m1/s1. The molecule has 0 radical (unpaired) electrons. The first-order valence-electron chi connectivity index (χ1n) is 4.81. The van der Waals surface area contributed by atoms with Crippen molar-refractivity contribution in [1.29, 1.82) is 0 Å². The first-order chi connectivity index (χ1) is 6.70. The summed E-state index contributed by atoms with van der Waals surface area (Å²) >= 11 is 11.9. The lowest BCUT2D eigenvalue weighted by Gasteiger charge is -2.02. The molecule has 3 heteroatoms. The largest absolute Gasteiger partial charge is 0.319 e. The van der Waals surface area contributed by atoms with Gasteiger partial charge >= 0.3 is 0 Å². The highest BCUT2D eigenvalue weighted by atomic mass is 35.5. The van der Waals surface area contributed by atoms with Crippen molar-refractivity contribution in [2.24, 2.45) is 5.92 Å². The van der Waals surface area contributed by atoms with Gasteiger partial charge in [0.1, 0.15) is 0 Å². The van der Waals surface area contributed by atoms with Crippen LogP contribution in [-0.4, -0.2) is 13.6 Å². The second-order valence-corrected chi connectivity index (χ2v) is 4.74. The van der Waals surface area contributed by atoms with Crippen molar-refractivity contribution >= 4 is 23.2 Å². The lowest BCUT2D eigenvalue weighted by Crippen LogP contribution is -2.10. The summed E-state index contributed by atoms with van der Waals surface area (Å²) in [5.41, 5.74) is 1.28.